The first-order valence-corrected chi connectivity index (χ1v) is 14.6. The van der Waals surface area contributed by atoms with Crippen molar-refractivity contribution in [2.24, 2.45) is 11.7 Å². The maximum absolute atomic E-state index is 13.4. The van der Waals surface area contributed by atoms with Gasteiger partial charge in [-0.25, -0.2) is 4.79 Å². The fraction of sp³-hybridized carbons (Fsp3) is 0.469. The van der Waals surface area contributed by atoms with Crippen LogP contribution in [0.15, 0.2) is 42.5 Å². The summed E-state index contributed by atoms with van der Waals surface area (Å²) in [6.45, 7) is 9.97. The number of rotatable bonds is 9. The number of hydrogen-bond acceptors (Lipinski definition) is 8. The number of hydroxylamine groups is 2. The van der Waals surface area contributed by atoms with Gasteiger partial charge in [0.05, 0.1) is 0 Å². The summed E-state index contributed by atoms with van der Waals surface area (Å²) in [5.41, 5.74) is 9.05. The van der Waals surface area contributed by atoms with Gasteiger partial charge in [0.1, 0.15) is 12.1 Å². The molecular formula is C32H40N4O7. The number of piperidine rings is 1. The summed E-state index contributed by atoms with van der Waals surface area (Å²) in [4.78, 5) is 71.0. The Bertz CT molecular complexity index is 1420. The van der Waals surface area contributed by atoms with Crippen molar-refractivity contribution in [2.45, 2.75) is 90.6 Å². The van der Waals surface area contributed by atoms with Gasteiger partial charge in [0.25, 0.3) is 23.6 Å². The van der Waals surface area contributed by atoms with Crippen molar-refractivity contribution in [3.05, 3.63) is 70.3 Å². The van der Waals surface area contributed by atoms with Crippen molar-refractivity contribution in [3.8, 4) is 0 Å². The summed E-state index contributed by atoms with van der Waals surface area (Å²) in [6, 6.07) is 10.3. The topological polar surface area (TPSA) is 159 Å². The van der Waals surface area contributed by atoms with Gasteiger partial charge in [-0.3, -0.25) is 19.2 Å². The van der Waals surface area contributed by atoms with E-state index in [1.54, 1.807) is 37.3 Å². The first-order chi connectivity index (χ1) is 20.2. The molecule has 4 atom stereocenters. The van der Waals surface area contributed by atoms with E-state index >= 15 is 0 Å². The summed E-state index contributed by atoms with van der Waals surface area (Å²) in [6.07, 6.45) is -0.786. The molecule has 0 aromatic heterocycles. The molecule has 11 nitrogen and oxygen atoms in total. The number of nitrogens with zero attached hydrogens (tertiary/aromatic N) is 2. The van der Waals surface area contributed by atoms with Crippen LogP contribution in [0.2, 0.25) is 0 Å². The number of nitrogens with two attached hydrogens (primary N) is 1. The Morgan fingerprint density at radius 3 is 2.42 bits per heavy atom. The number of fused-ring (bicyclic) bond motifs is 1. The molecule has 2 heterocycles. The summed E-state index contributed by atoms with van der Waals surface area (Å²) in [7, 11) is 0. The molecule has 1 fully saturated rings. The third-order valence-electron chi connectivity index (χ3n) is 8.32. The fourth-order valence-corrected chi connectivity index (χ4v) is 5.20. The van der Waals surface area contributed by atoms with Gasteiger partial charge in [-0.05, 0) is 46.1 Å². The Hall–Kier alpha value is -4.09. The van der Waals surface area contributed by atoms with E-state index in [0.717, 1.165) is 5.56 Å². The van der Waals surface area contributed by atoms with Crippen LogP contribution in [0.4, 0.5) is 0 Å². The van der Waals surface area contributed by atoms with Crippen LogP contribution in [-0.2, 0) is 42.5 Å². The van der Waals surface area contributed by atoms with E-state index in [4.69, 9.17) is 10.6 Å². The van der Waals surface area contributed by atoms with E-state index in [1.165, 1.54) is 4.90 Å². The molecular weight excluding hydrogens is 552 g/mol. The zero-order valence-electron chi connectivity index (χ0n) is 25.3. The molecule has 4 unspecified atom stereocenters. The minimum atomic E-state index is -1.37. The molecule has 230 valence electrons. The van der Waals surface area contributed by atoms with Crippen LogP contribution >= 0.6 is 0 Å². The predicted octanol–water partition coefficient (Wildman–Crippen LogP) is 2.64. The summed E-state index contributed by atoms with van der Waals surface area (Å²) in [5.74, 6) is -3.59. The highest BCUT2D eigenvalue weighted by molar-refractivity contribution is 6.05. The standard InChI is InChI=1S/C32H40N4O7/c1-6-18(2)26(33)31(42)43-36-25(37)15-14-24(30(36)41)35-17-23-20(8-7-9-22(23)29(35)40)16-34-28(39)27(38)19-10-12-21(13-11-19)32(3,4)5/h7-13,18,24,26-27,38H,6,14-17,33H2,1-5H3,(H,34,39). The Kier molecular flexibility index (Phi) is 9.36. The van der Waals surface area contributed by atoms with Gasteiger partial charge in [0, 0.05) is 25.1 Å². The number of carbonyl (C=O) groups is 5. The highest BCUT2D eigenvalue weighted by Crippen LogP contribution is 2.32. The number of amides is 4. The van der Waals surface area contributed by atoms with Crippen LogP contribution in [0.1, 0.15) is 92.6 Å². The lowest BCUT2D eigenvalue weighted by Crippen LogP contribution is -2.56. The van der Waals surface area contributed by atoms with Crippen LogP contribution in [0.5, 0.6) is 0 Å². The average Bonchev–Trinajstić information content (AvgIpc) is 3.32. The van der Waals surface area contributed by atoms with Crippen LogP contribution in [0.3, 0.4) is 0 Å². The number of hydrogen-bond donors (Lipinski definition) is 3. The summed E-state index contributed by atoms with van der Waals surface area (Å²) < 4.78 is 0. The third-order valence-corrected chi connectivity index (χ3v) is 8.32. The van der Waals surface area contributed by atoms with Crippen LogP contribution in [0, 0.1) is 5.92 Å². The summed E-state index contributed by atoms with van der Waals surface area (Å²) in [5, 5.41) is 13.8. The van der Waals surface area contributed by atoms with Gasteiger partial charge < -0.3 is 25.9 Å². The monoisotopic (exact) mass is 592 g/mol. The largest absolute Gasteiger partial charge is 0.378 e. The van der Waals surface area contributed by atoms with E-state index in [1.807, 2.05) is 19.1 Å². The fourth-order valence-electron chi connectivity index (χ4n) is 5.20. The molecule has 2 aliphatic heterocycles. The number of imide groups is 1. The maximum Gasteiger partial charge on any atom is 0.349 e. The van der Waals surface area contributed by atoms with E-state index < -0.39 is 47.8 Å². The van der Waals surface area contributed by atoms with Gasteiger partial charge in [-0.15, -0.1) is 5.06 Å². The SMILES string of the molecule is CCC(C)C(N)C(=O)ON1C(=O)CCC(N2Cc3c(CNC(=O)C(O)c4ccc(C(C)(C)C)cc4)cccc3C2=O)C1=O. The second-order valence-corrected chi connectivity index (χ2v) is 12.3. The van der Waals surface area contributed by atoms with Gasteiger partial charge in [-0.2, -0.15) is 0 Å². The smallest absolute Gasteiger partial charge is 0.349 e. The van der Waals surface area contributed by atoms with E-state index in [9.17, 15) is 29.1 Å². The number of aliphatic hydroxyl groups is 1. The van der Waals surface area contributed by atoms with E-state index in [0.29, 0.717) is 33.7 Å². The minimum Gasteiger partial charge on any atom is -0.378 e. The molecule has 0 spiro atoms. The molecule has 0 bridgehead atoms. The zero-order chi connectivity index (χ0) is 31.6. The normalized spacial score (nSPS) is 19.1. The van der Waals surface area contributed by atoms with Crippen molar-refractivity contribution in [1.82, 2.24) is 15.3 Å². The second kappa shape index (κ2) is 12.6. The molecule has 2 aromatic rings. The number of carbonyl (C=O) groups excluding carboxylic acids is 5. The molecule has 0 aliphatic carbocycles. The first-order valence-electron chi connectivity index (χ1n) is 14.6. The van der Waals surface area contributed by atoms with Gasteiger partial charge in [-0.1, -0.05) is 77.4 Å². The van der Waals surface area contributed by atoms with Crippen molar-refractivity contribution in [3.63, 3.8) is 0 Å². The lowest BCUT2D eigenvalue weighted by atomic mass is 9.86. The van der Waals surface area contributed by atoms with E-state index in [-0.39, 0.29) is 37.3 Å². The molecule has 2 aromatic carbocycles. The van der Waals surface area contributed by atoms with Gasteiger partial charge in [0.15, 0.2) is 6.10 Å². The quantitative estimate of drug-likeness (QED) is 0.375. The summed E-state index contributed by atoms with van der Waals surface area (Å²) >= 11 is 0. The number of aliphatic hydroxyl groups excluding tert-OH is 1. The van der Waals surface area contributed by atoms with Crippen molar-refractivity contribution in [1.29, 1.82) is 0 Å². The van der Waals surface area contributed by atoms with Crippen molar-refractivity contribution in [2.75, 3.05) is 0 Å². The molecule has 0 radical (unpaired) electrons. The van der Waals surface area contributed by atoms with Gasteiger partial charge in [0.2, 0.25) is 0 Å². The predicted molar refractivity (Wildman–Crippen MR) is 157 cm³/mol. The lowest BCUT2D eigenvalue weighted by molar-refractivity contribution is -0.209. The molecule has 43 heavy (non-hydrogen) atoms. The maximum atomic E-state index is 13.4. The van der Waals surface area contributed by atoms with Crippen molar-refractivity contribution >= 4 is 29.6 Å². The van der Waals surface area contributed by atoms with Crippen LogP contribution in [0.25, 0.3) is 0 Å². The molecule has 4 N–H and O–H groups in total. The Morgan fingerprint density at radius 1 is 1.12 bits per heavy atom. The Morgan fingerprint density at radius 2 is 1.79 bits per heavy atom. The van der Waals surface area contributed by atoms with E-state index in [2.05, 4.69) is 26.1 Å². The van der Waals surface area contributed by atoms with Crippen molar-refractivity contribution < 1.29 is 33.9 Å². The Balaban J connectivity index is 1.44. The second-order valence-electron chi connectivity index (χ2n) is 12.3. The molecule has 2 aliphatic rings. The number of benzene rings is 2. The molecule has 4 rings (SSSR count). The highest BCUT2D eigenvalue weighted by atomic mass is 16.7. The molecule has 11 heteroatoms. The molecule has 4 amide bonds. The van der Waals surface area contributed by atoms with Crippen LogP contribution < -0.4 is 11.1 Å². The first kappa shape index (κ1) is 31.8. The molecule has 0 saturated carbocycles. The highest BCUT2D eigenvalue weighted by Gasteiger charge is 2.45. The lowest BCUT2D eigenvalue weighted by Gasteiger charge is -2.34. The average molecular weight is 593 g/mol. The minimum absolute atomic E-state index is 0.0502. The molecule has 1 saturated heterocycles. The van der Waals surface area contributed by atoms with Crippen LogP contribution in [-0.4, -0.2) is 56.8 Å². The number of nitrogens with one attached hydrogen (secondary N) is 1. The van der Waals surface area contributed by atoms with Gasteiger partial charge >= 0.3 is 5.97 Å². The third kappa shape index (κ3) is 6.62. The zero-order valence-corrected chi connectivity index (χ0v) is 25.3. The Labute approximate surface area is 251 Å².